The van der Waals surface area contributed by atoms with Gasteiger partial charge in [-0.25, -0.2) is 0 Å². The van der Waals surface area contributed by atoms with Crippen molar-refractivity contribution in [2.75, 3.05) is 19.8 Å². The molecule has 0 aromatic carbocycles. The second kappa shape index (κ2) is 40.3. The molecule has 0 saturated carbocycles. The highest BCUT2D eigenvalue weighted by molar-refractivity contribution is 5.76. The summed E-state index contributed by atoms with van der Waals surface area (Å²) < 4.78 is 22.7. The molecule has 0 spiro atoms. The fourth-order valence-corrected chi connectivity index (χ4v) is 8.29. The first-order chi connectivity index (χ1) is 33.1. The highest BCUT2D eigenvalue weighted by Crippen LogP contribution is 2.30. The summed E-state index contributed by atoms with van der Waals surface area (Å²) >= 11 is 0. The number of rotatable bonds is 40. The lowest BCUT2D eigenvalue weighted by Gasteiger charge is -2.46. The third kappa shape index (κ3) is 26.8. The van der Waals surface area contributed by atoms with Gasteiger partial charge in [0.1, 0.15) is 48.8 Å². The summed E-state index contributed by atoms with van der Waals surface area (Å²) in [6, 6.07) is -0.943. The van der Waals surface area contributed by atoms with E-state index in [1.54, 1.807) is 6.08 Å². The molecule has 2 aliphatic heterocycles. The van der Waals surface area contributed by atoms with Crippen LogP contribution in [0.3, 0.4) is 0 Å². The Morgan fingerprint density at radius 2 is 0.985 bits per heavy atom. The summed E-state index contributed by atoms with van der Waals surface area (Å²) in [5, 5.41) is 86.8. The third-order valence-corrected chi connectivity index (χ3v) is 12.7. The molecule has 1 amide bonds. The number of nitrogens with one attached hydrogen (secondary N) is 1. The van der Waals surface area contributed by atoms with E-state index in [4.69, 9.17) is 18.9 Å². The van der Waals surface area contributed by atoms with Gasteiger partial charge in [-0.2, -0.15) is 0 Å². The molecule has 394 valence electrons. The van der Waals surface area contributed by atoms with E-state index in [1.165, 1.54) is 83.5 Å². The summed E-state index contributed by atoms with van der Waals surface area (Å²) in [4.78, 5) is 13.2. The molecule has 2 saturated heterocycles. The minimum Gasteiger partial charge on any atom is -0.394 e. The van der Waals surface area contributed by atoms with Crippen LogP contribution in [0, 0.1) is 0 Å². The van der Waals surface area contributed by atoms with E-state index in [0.29, 0.717) is 12.8 Å². The van der Waals surface area contributed by atoms with E-state index < -0.39 is 86.8 Å². The monoisotopic (exact) mass is 966 g/mol. The Hall–Kier alpha value is -2.31. The number of hydrogen-bond donors (Lipinski definition) is 9. The maximum atomic E-state index is 13.2. The molecule has 2 aliphatic rings. The highest BCUT2D eigenvalue weighted by Gasteiger charge is 2.51. The first kappa shape index (κ1) is 61.8. The predicted molar refractivity (Wildman–Crippen MR) is 267 cm³/mol. The van der Waals surface area contributed by atoms with Crippen molar-refractivity contribution in [2.24, 2.45) is 0 Å². The number of amides is 1. The van der Waals surface area contributed by atoms with Crippen LogP contribution in [-0.4, -0.2) is 140 Å². The molecule has 2 fully saturated rings. The predicted octanol–water partition coefficient (Wildman–Crippen LogP) is 7.44. The van der Waals surface area contributed by atoms with Gasteiger partial charge in [0, 0.05) is 6.42 Å². The highest BCUT2D eigenvalue weighted by atomic mass is 16.7. The standard InChI is InChI=1S/C54H95NO13/c1-3-5-7-9-11-13-15-17-19-21-22-24-26-28-30-32-34-36-38-46(59)55-42(43(58)37-35-33-31-29-27-25-23-20-18-16-14-12-10-8-6-4-2)41-65-53-51(64)49(62)52(45(40-57)67-53)68-54-50(63)48(61)47(60)44(39-56)66-54/h13,15,18-21,27,29,35,37,42-45,47-54,56-58,60-64H,3-12,14,16-17,22-26,28,30-34,36,38-41H2,1-2H3,(H,55,59)/b15-13-,20-18+,21-19-,29-27+,37-35+. The smallest absolute Gasteiger partial charge is 0.220 e. The van der Waals surface area contributed by atoms with Crippen LogP contribution in [0.5, 0.6) is 0 Å². The van der Waals surface area contributed by atoms with E-state index in [2.05, 4.69) is 67.8 Å². The number of carbonyl (C=O) groups is 1. The largest absolute Gasteiger partial charge is 0.394 e. The van der Waals surface area contributed by atoms with Gasteiger partial charge in [-0.15, -0.1) is 0 Å². The van der Waals surface area contributed by atoms with Crippen LogP contribution in [0.25, 0.3) is 0 Å². The van der Waals surface area contributed by atoms with Crippen molar-refractivity contribution in [3.63, 3.8) is 0 Å². The van der Waals surface area contributed by atoms with Crippen LogP contribution in [0.1, 0.15) is 181 Å². The number of aliphatic hydroxyl groups is 8. The summed E-state index contributed by atoms with van der Waals surface area (Å²) in [5.41, 5.74) is 0. The number of carbonyl (C=O) groups excluding carboxylic acids is 1. The van der Waals surface area contributed by atoms with Gasteiger partial charge in [0.05, 0.1) is 32.0 Å². The number of ether oxygens (including phenoxy) is 4. The molecular formula is C54H95NO13. The van der Waals surface area contributed by atoms with Crippen molar-refractivity contribution in [3.8, 4) is 0 Å². The van der Waals surface area contributed by atoms with Gasteiger partial charge in [0.15, 0.2) is 12.6 Å². The van der Waals surface area contributed by atoms with Crippen LogP contribution in [-0.2, 0) is 23.7 Å². The van der Waals surface area contributed by atoms with Gasteiger partial charge in [-0.1, -0.05) is 158 Å². The molecule has 0 aliphatic carbocycles. The van der Waals surface area contributed by atoms with Crippen molar-refractivity contribution >= 4 is 5.91 Å². The van der Waals surface area contributed by atoms with Crippen LogP contribution < -0.4 is 5.32 Å². The summed E-state index contributed by atoms with van der Waals surface area (Å²) in [6.45, 7) is 2.72. The van der Waals surface area contributed by atoms with Crippen LogP contribution in [0.2, 0.25) is 0 Å². The van der Waals surface area contributed by atoms with Gasteiger partial charge < -0.3 is 65.1 Å². The SMILES string of the molecule is CCCCCC/C=C\C/C=C\CCCCCCCCCC(=O)NC(COC1OC(CO)C(OC2OC(CO)C(O)C(O)C2O)C(O)C1O)C(O)/C=C/CC/C=C/CC/C=C/CCCCCCCC. The van der Waals surface area contributed by atoms with E-state index in [0.717, 1.165) is 64.2 Å². The van der Waals surface area contributed by atoms with E-state index in [9.17, 15) is 45.6 Å². The maximum Gasteiger partial charge on any atom is 0.220 e. The van der Waals surface area contributed by atoms with Gasteiger partial charge in [0.2, 0.25) is 5.91 Å². The molecule has 12 unspecified atom stereocenters. The lowest BCUT2D eigenvalue weighted by Crippen LogP contribution is -2.65. The minimum atomic E-state index is -1.79. The molecular weight excluding hydrogens is 871 g/mol. The Kier molecular flexibility index (Phi) is 36.6. The van der Waals surface area contributed by atoms with Crippen molar-refractivity contribution < 1.29 is 64.6 Å². The Morgan fingerprint density at radius 3 is 1.54 bits per heavy atom. The molecule has 14 nitrogen and oxygen atoms in total. The van der Waals surface area contributed by atoms with Crippen molar-refractivity contribution in [3.05, 3.63) is 60.8 Å². The molecule has 2 rings (SSSR count). The Labute approximate surface area is 409 Å². The van der Waals surface area contributed by atoms with Crippen molar-refractivity contribution in [1.82, 2.24) is 5.32 Å². The fourth-order valence-electron chi connectivity index (χ4n) is 8.29. The molecule has 12 atom stereocenters. The maximum absolute atomic E-state index is 13.2. The zero-order chi connectivity index (χ0) is 49.6. The molecule has 9 N–H and O–H groups in total. The number of hydrogen-bond acceptors (Lipinski definition) is 13. The van der Waals surface area contributed by atoms with E-state index in [-0.39, 0.29) is 18.9 Å². The second-order valence-corrected chi connectivity index (χ2v) is 18.6. The van der Waals surface area contributed by atoms with Crippen LogP contribution in [0.15, 0.2) is 60.8 Å². The van der Waals surface area contributed by atoms with Gasteiger partial charge >= 0.3 is 0 Å². The molecule has 2 heterocycles. The first-order valence-electron chi connectivity index (χ1n) is 26.5. The molecule has 68 heavy (non-hydrogen) atoms. The number of unbranched alkanes of at least 4 members (excludes halogenated alkanes) is 19. The van der Waals surface area contributed by atoms with Gasteiger partial charge in [-0.05, 0) is 77.0 Å². The van der Waals surface area contributed by atoms with Gasteiger partial charge in [-0.3, -0.25) is 4.79 Å². The average molecular weight is 966 g/mol. The zero-order valence-corrected chi connectivity index (χ0v) is 41.8. The Balaban J connectivity index is 1.86. The first-order valence-corrected chi connectivity index (χ1v) is 26.5. The number of aliphatic hydroxyl groups excluding tert-OH is 8. The second-order valence-electron chi connectivity index (χ2n) is 18.6. The van der Waals surface area contributed by atoms with Crippen molar-refractivity contribution in [2.45, 2.75) is 254 Å². The lowest BCUT2D eigenvalue weighted by atomic mass is 9.97. The minimum absolute atomic E-state index is 0.259. The third-order valence-electron chi connectivity index (χ3n) is 12.7. The molecule has 0 bridgehead atoms. The van der Waals surface area contributed by atoms with Crippen LogP contribution >= 0.6 is 0 Å². The summed E-state index contributed by atoms with van der Waals surface area (Å²) in [7, 11) is 0. The Bertz CT molecular complexity index is 1370. The summed E-state index contributed by atoms with van der Waals surface area (Å²) in [5.74, 6) is -0.264. The normalized spacial score (nSPS) is 26.9. The molecule has 0 aromatic rings. The fraction of sp³-hybridized carbons (Fsp3) is 0.796. The molecule has 0 radical (unpaired) electrons. The lowest BCUT2D eigenvalue weighted by molar-refractivity contribution is -0.359. The summed E-state index contributed by atoms with van der Waals surface area (Å²) in [6.07, 6.45) is 32.5. The van der Waals surface area contributed by atoms with E-state index >= 15 is 0 Å². The van der Waals surface area contributed by atoms with Crippen molar-refractivity contribution in [1.29, 1.82) is 0 Å². The van der Waals surface area contributed by atoms with Gasteiger partial charge in [0.25, 0.3) is 0 Å². The number of allylic oxidation sites excluding steroid dienone is 9. The van der Waals surface area contributed by atoms with E-state index in [1.807, 2.05) is 6.08 Å². The quantitative estimate of drug-likeness (QED) is 0.0215. The van der Waals surface area contributed by atoms with Crippen LogP contribution in [0.4, 0.5) is 0 Å². The Morgan fingerprint density at radius 1 is 0.529 bits per heavy atom. The average Bonchev–Trinajstić information content (AvgIpc) is 3.34. The molecule has 14 heteroatoms. The molecule has 0 aromatic heterocycles. The topological polar surface area (TPSA) is 228 Å². The zero-order valence-electron chi connectivity index (χ0n) is 41.8.